The number of fused-ring (bicyclic) bond motifs is 3. The fourth-order valence-electron chi connectivity index (χ4n) is 6.48. The summed E-state index contributed by atoms with van der Waals surface area (Å²) in [5.74, 6) is -2.87. The SMILES string of the molecule is CCC/C(C)=C1\C(C(N)=O)=C(O)CC2CC3Cc4c(I)cc(C[C@H](C=O)CC)c(O)c4C(O)=C3C(=O)C12. The van der Waals surface area contributed by atoms with E-state index in [4.69, 9.17) is 5.73 Å². The number of hydrogen-bond donors (Lipinski definition) is 4. The number of Topliss-reactive ketones (excluding diaryl/α,β-unsaturated/α-hetero) is 1. The van der Waals surface area contributed by atoms with Crippen molar-refractivity contribution in [3.8, 4) is 5.75 Å². The zero-order chi connectivity index (χ0) is 27.2. The molecule has 3 aliphatic carbocycles. The minimum Gasteiger partial charge on any atom is -0.511 e. The number of amides is 1. The van der Waals surface area contributed by atoms with Crippen LogP contribution in [0, 0.1) is 27.2 Å². The third kappa shape index (κ3) is 4.62. The number of allylic oxidation sites excluding steroid dienone is 3. The van der Waals surface area contributed by atoms with Gasteiger partial charge >= 0.3 is 0 Å². The predicted molar refractivity (Wildman–Crippen MR) is 149 cm³/mol. The van der Waals surface area contributed by atoms with Crippen LogP contribution in [-0.4, -0.2) is 33.3 Å². The highest BCUT2D eigenvalue weighted by Crippen LogP contribution is 2.53. The number of nitrogens with two attached hydrogens (primary N) is 1. The van der Waals surface area contributed by atoms with Crippen LogP contribution >= 0.6 is 22.6 Å². The number of benzene rings is 1. The highest BCUT2D eigenvalue weighted by molar-refractivity contribution is 14.1. The number of halogens is 1. The summed E-state index contributed by atoms with van der Waals surface area (Å²) in [4.78, 5) is 37.9. The molecule has 0 saturated heterocycles. The Hall–Kier alpha value is -2.62. The number of aliphatic hydroxyl groups excluding tert-OH is 2. The molecule has 4 atom stereocenters. The Labute approximate surface area is 230 Å². The summed E-state index contributed by atoms with van der Waals surface area (Å²) in [6, 6.07) is 1.86. The molecule has 3 unspecified atom stereocenters. The van der Waals surface area contributed by atoms with Gasteiger partial charge in [0.2, 0.25) is 0 Å². The van der Waals surface area contributed by atoms with Crippen LogP contribution in [0.4, 0.5) is 0 Å². The Morgan fingerprint density at radius 2 is 1.95 bits per heavy atom. The van der Waals surface area contributed by atoms with Gasteiger partial charge in [-0.1, -0.05) is 25.8 Å². The number of aliphatic hydroxyl groups is 2. The van der Waals surface area contributed by atoms with Crippen LogP contribution in [-0.2, 0) is 27.2 Å². The number of ketones is 1. The van der Waals surface area contributed by atoms with Crippen LogP contribution < -0.4 is 5.73 Å². The van der Waals surface area contributed by atoms with Crippen molar-refractivity contribution in [2.75, 3.05) is 0 Å². The molecular formula is C29H34INO6. The fraction of sp³-hybridized carbons (Fsp3) is 0.483. The van der Waals surface area contributed by atoms with Crippen LogP contribution in [0.5, 0.6) is 5.75 Å². The molecule has 1 saturated carbocycles. The first-order valence-electron chi connectivity index (χ1n) is 12.9. The van der Waals surface area contributed by atoms with E-state index in [0.717, 1.165) is 27.4 Å². The van der Waals surface area contributed by atoms with E-state index < -0.39 is 11.8 Å². The summed E-state index contributed by atoms with van der Waals surface area (Å²) >= 11 is 2.18. The summed E-state index contributed by atoms with van der Waals surface area (Å²) in [5, 5.41) is 33.5. The summed E-state index contributed by atoms with van der Waals surface area (Å²) in [5.41, 5.74) is 8.89. The topological polar surface area (TPSA) is 138 Å². The van der Waals surface area contributed by atoms with Crippen molar-refractivity contribution >= 4 is 46.3 Å². The molecule has 0 spiro atoms. The maximum atomic E-state index is 14.1. The van der Waals surface area contributed by atoms with Crippen molar-refractivity contribution in [1.29, 1.82) is 0 Å². The molecule has 1 fully saturated rings. The molecule has 37 heavy (non-hydrogen) atoms. The monoisotopic (exact) mass is 619 g/mol. The Morgan fingerprint density at radius 1 is 1.24 bits per heavy atom. The molecule has 4 rings (SSSR count). The number of rotatable bonds is 7. The minimum atomic E-state index is -0.763. The smallest absolute Gasteiger partial charge is 0.252 e. The normalized spacial score (nSPS) is 25.3. The highest BCUT2D eigenvalue weighted by atomic mass is 127. The maximum absolute atomic E-state index is 14.1. The van der Waals surface area contributed by atoms with Crippen molar-refractivity contribution in [3.05, 3.63) is 54.4 Å². The van der Waals surface area contributed by atoms with Gasteiger partial charge in [0, 0.05) is 21.5 Å². The number of aromatic hydroxyl groups is 1. The van der Waals surface area contributed by atoms with Gasteiger partial charge in [-0.15, -0.1) is 0 Å². The molecule has 0 aromatic heterocycles. The van der Waals surface area contributed by atoms with Gasteiger partial charge < -0.3 is 25.8 Å². The molecule has 198 valence electrons. The van der Waals surface area contributed by atoms with E-state index in [0.29, 0.717) is 43.2 Å². The molecular weight excluding hydrogens is 585 g/mol. The fourth-order valence-corrected chi connectivity index (χ4v) is 7.35. The van der Waals surface area contributed by atoms with Crippen LogP contribution in [0.1, 0.15) is 69.6 Å². The van der Waals surface area contributed by atoms with Gasteiger partial charge in [0.25, 0.3) is 5.91 Å². The minimum absolute atomic E-state index is 0.0226. The molecule has 7 nitrogen and oxygen atoms in total. The molecule has 1 amide bonds. The zero-order valence-electron chi connectivity index (χ0n) is 21.4. The lowest BCUT2D eigenvalue weighted by molar-refractivity contribution is -0.122. The molecule has 3 aliphatic rings. The second-order valence-electron chi connectivity index (χ2n) is 10.6. The standard InChI is InChI=1S/C29H34INO6/c1-4-6-13(3)21-22-16(11-20(33)25(21)29(31)37)8-15-9-18-19(30)10-17(7-14(5-2)12-32)26(34)24(18)28(36)23(15)27(22)35/h10,12,14-16,22,33-34,36H,4-9,11H2,1-3H3,(H2,31,37)/b21-13-/t14-,15?,16?,22?/m1/s1. The summed E-state index contributed by atoms with van der Waals surface area (Å²) < 4.78 is 0.864. The number of phenols is 1. The summed E-state index contributed by atoms with van der Waals surface area (Å²) in [7, 11) is 0. The van der Waals surface area contributed by atoms with E-state index in [9.17, 15) is 29.7 Å². The van der Waals surface area contributed by atoms with E-state index in [1.54, 1.807) is 0 Å². The molecule has 0 radical (unpaired) electrons. The van der Waals surface area contributed by atoms with E-state index in [1.807, 2.05) is 26.8 Å². The van der Waals surface area contributed by atoms with Crippen LogP contribution in [0.3, 0.4) is 0 Å². The average Bonchev–Trinajstić information content (AvgIpc) is 2.84. The van der Waals surface area contributed by atoms with Gasteiger partial charge in [0.05, 0.1) is 17.1 Å². The van der Waals surface area contributed by atoms with Crippen LogP contribution in [0.25, 0.3) is 5.76 Å². The summed E-state index contributed by atoms with van der Waals surface area (Å²) in [6.45, 7) is 5.76. The second kappa shape index (κ2) is 10.6. The van der Waals surface area contributed by atoms with E-state index >= 15 is 0 Å². The number of carbonyl (C=O) groups is 3. The summed E-state index contributed by atoms with van der Waals surface area (Å²) in [6.07, 6.45) is 4.49. The number of primary amides is 1. The van der Waals surface area contributed by atoms with Crippen LogP contribution in [0.2, 0.25) is 0 Å². The van der Waals surface area contributed by atoms with Crippen molar-refractivity contribution in [2.45, 2.75) is 65.7 Å². The van der Waals surface area contributed by atoms with E-state index in [-0.39, 0.29) is 63.9 Å². The van der Waals surface area contributed by atoms with Gasteiger partial charge in [-0.05, 0) is 96.2 Å². The lowest BCUT2D eigenvalue weighted by Gasteiger charge is -2.43. The quantitative estimate of drug-likeness (QED) is 0.244. The Balaban J connectivity index is 1.88. The molecule has 1 aromatic rings. The number of aldehydes is 1. The lowest BCUT2D eigenvalue weighted by Crippen LogP contribution is -2.43. The molecule has 1 aromatic carbocycles. The first-order chi connectivity index (χ1) is 17.5. The Kier molecular flexibility index (Phi) is 7.88. The third-order valence-corrected chi connectivity index (χ3v) is 9.21. The predicted octanol–water partition coefficient (Wildman–Crippen LogP) is 5.23. The molecule has 8 heteroatoms. The molecule has 0 bridgehead atoms. The van der Waals surface area contributed by atoms with Crippen LogP contribution in [0.15, 0.2) is 34.1 Å². The lowest BCUT2D eigenvalue weighted by atomic mass is 9.59. The second-order valence-corrected chi connectivity index (χ2v) is 11.7. The highest BCUT2D eigenvalue weighted by Gasteiger charge is 2.50. The average molecular weight is 619 g/mol. The van der Waals surface area contributed by atoms with Crippen molar-refractivity contribution in [3.63, 3.8) is 0 Å². The maximum Gasteiger partial charge on any atom is 0.252 e. The Bertz CT molecular complexity index is 1270. The van der Waals surface area contributed by atoms with Gasteiger partial charge in [0.15, 0.2) is 5.78 Å². The van der Waals surface area contributed by atoms with Gasteiger partial charge in [-0.3, -0.25) is 9.59 Å². The molecule has 0 aliphatic heterocycles. The molecule has 5 N–H and O–H groups in total. The first-order valence-corrected chi connectivity index (χ1v) is 14.0. The third-order valence-electron chi connectivity index (χ3n) is 8.24. The first kappa shape index (κ1) is 27.4. The van der Waals surface area contributed by atoms with Gasteiger partial charge in [0.1, 0.15) is 23.6 Å². The van der Waals surface area contributed by atoms with E-state index in [1.165, 1.54) is 0 Å². The van der Waals surface area contributed by atoms with Gasteiger partial charge in [-0.25, -0.2) is 0 Å². The largest absolute Gasteiger partial charge is 0.511 e. The number of carbonyl (C=O) groups excluding carboxylic acids is 3. The van der Waals surface area contributed by atoms with E-state index in [2.05, 4.69) is 22.6 Å². The Morgan fingerprint density at radius 3 is 2.54 bits per heavy atom. The van der Waals surface area contributed by atoms with Gasteiger partial charge in [-0.2, -0.15) is 0 Å². The number of phenolic OH excluding ortho intramolecular Hbond substituents is 1. The van der Waals surface area contributed by atoms with Crippen molar-refractivity contribution < 1.29 is 29.7 Å². The zero-order valence-corrected chi connectivity index (χ0v) is 23.6. The van der Waals surface area contributed by atoms with Crippen molar-refractivity contribution in [2.24, 2.45) is 29.4 Å². The molecule has 0 heterocycles. The van der Waals surface area contributed by atoms with Crippen molar-refractivity contribution in [1.82, 2.24) is 0 Å². The number of hydrogen-bond acceptors (Lipinski definition) is 6.